The van der Waals surface area contributed by atoms with Crippen LogP contribution in [0.2, 0.25) is 0 Å². The Hall–Kier alpha value is -2.34. The molecule has 0 bridgehead atoms. The second kappa shape index (κ2) is 4.89. The van der Waals surface area contributed by atoms with Crippen LogP contribution in [0.1, 0.15) is 5.56 Å². The topological polar surface area (TPSA) is 82.8 Å². The average Bonchev–Trinajstić information content (AvgIpc) is 2.71. The van der Waals surface area contributed by atoms with Gasteiger partial charge in [-0.1, -0.05) is 12.1 Å². The van der Waals surface area contributed by atoms with Crippen LogP contribution < -0.4 is 21.5 Å². The lowest BCUT2D eigenvalue weighted by atomic mass is 10.1. The Morgan fingerprint density at radius 3 is 2.50 bits per heavy atom. The normalized spacial score (nSPS) is 16.5. The standard InChI is InChI=1S/C12H15N5O/c1-17(2)9-5-3-8(4-6-9)7-10-11(18)15-12(14-10)16-13/h3-7H,13H2,1-2H3,(H2,14,15,16,18)/b10-7-. The minimum atomic E-state index is -0.264. The quantitative estimate of drug-likeness (QED) is 0.390. The highest BCUT2D eigenvalue weighted by atomic mass is 16.2. The lowest BCUT2D eigenvalue weighted by Gasteiger charge is -2.11. The summed E-state index contributed by atoms with van der Waals surface area (Å²) in [5, 5.41) is 2.50. The summed E-state index contributed by atoms with van der Waals surface area (Å²) in [5.74, 6) is 5.17. The number of hydrogen-bond donors (Lipinski definition) is 3. The van der Waals surface area contributed by atoms with Gasteiger partial charge in [-0.15, -0.1) is 0 Å². The Bertz CT molecular complexity index is 516. The van der Waals surface area contributed by atoms with Crippen LogP contribution in [-0.4, -0.2) is 26.0 Å². The van der Waals surface area contributed by atoms with Gasteiger partial charge in [0.25, 0.3) is 5.91 Å². The second-order valence-electron chi connectivity index (χ2n) is 4.07. The minimum Gasteiger partial charge on any atom is -0.378 e. The molecular formula is C12H15N5O. The maximum atomic E-state index is 11.5. The fourth-order valence-corrected chi connectivity index (χ4v) is 1.56. The molecule has 0 saturated heterocycles. The summed E-state index contributed by atoms with van der Waals surface area (Å²) < 4.78 is 0. The zero-order valence-corrected chi connectivity index (χ0v) is 10.3. The van der Waals surface area contributed by atoms with Crippen molar-refractivity contribution in [3.8, 4) is 0 Å². The van der Waals surface area contributed by atoms with Crippen LogP contribution in [0.15, 0.2) is 35.0 Å². The summed E-state index contributed by atoms with van der Waals surface area (Å²) in [6.45, 7) is 0. The lowest BCUT2D eigenvalue weighted by Crippen LogP contribution is -2.40. The number of hydrogen-bond acceptors (Lipinski definition) is 5. The molecule has 1 aromatic carbocycles. The first-order chi connectivity index (χ1) is 8.60. The fraction of sp³-hybridized carbons (Fsp3) is 0.167. The molecule has 0 unspecified atom stereocenters. The molecule has 1 aromatic rings. The highest BCUT2D eigenvalue weighted by molar-refractivity contribution is 6.13. The number of nitrogens with two attached hydrogens (primary N) is 1. The van der Waals surface area contributed by atoms with E-state index >= 15 is 0 Å². The van der Waals surface area contributed by atoms with Gasteiger partial charge in [0, 0.05) is 19.8 Å². The maximum absolute atomic E-state index is 11.5. The molecule has 0 aromatic heterocycles. The van der Waals surface area contributed by atoms with Crippen molar-refractivity contribution in [1.82, 2.24) is 10.7 Å². The molecule has 0 fully saturated rings. The molecule has 6 heteroatoms. The van der Waals surface area contributed by atoms with Gasteiger partial charge in [0.1, 0.15) is 5.70 Å². The van der Waals surface area contributed by atoms with E-state index in [4.69, 9.17) is 5.84 Å². The van der Waals surface area contributed by atoms with E-state index in [1.54, 1.807) is 6.08 Å². The number of nitrogens with zero attached hydrogens (tertiary/aromatic N) is 2. The molecule has 1 aliphatic heterocycles. The van der Waals surface area contributed by atoms with Crippen LogP contribution in [-0.2, 0) is 4.79 Å². The third kappa shape index (κ3) is 2.49. The first kappa shape index (κ1) is 12.1. The number of anilines is 1. The summed E-state index contributed by atoms with van der Waals surface area (Å²) in [4.78, 5) is 17.5. The van der Waals surface area contributed by atoms with Crippen LogP contribution in [0.4, 0.5) is 5.69 Å². The summed E-state index contributed by atoms with van der Waals surface area (Å²) in [6.07, 6.45) is 1.71. The SMILES string of the molecule is CN(C)c1ccc(/C=C2\N=C(NN)NC2=O)cc1. The van der Waals surface area contributed by atoms with Crippen molar-refractivity contribution in [2.24, 2.45) is 10.8 Å². The molecule has 1 amide bonds. The van der Waals surface area contributed by atoms with Crippen LogP contribution >= 0.6 is 0 Å². The summed E-state index contributed by atoms with van der Waals surface area (Å²) >= 11 is 0. The molecule has 18 heavy (non-hydrogen) atoms. The monoisotopic (exact) mass is 245 g/mol. The minimum absolute atomic E-state index is 0.260. The molecule has 4 N–H and O–H groups in total. The first-order valence-electron chi connectivity index (χ1n) is 5.46. The van der Waals surface area contributed by atoms with Gasteiger partial charge in [-0.05, 0) is 23.8 Å². The van der Waals surface area contributed by atoms with Gasteiger partial charge in [0.15, 0.2) is 0 Å². The van der Waals surface area contributed by atoms with Crippen molar-refractivity contribution >= 4 is 23.6 Å². The fourth-order valence-electron chi connectivity index (χ4n) is 1.56. The molecule has 1 heterocycles. The van der Waals surface area contributed by atoms with Gasteiger partial charge < -0.3 is 4.90 Å². The Balaban J connectivity index is 2.23. The molecule has 94 valence electrons. The zero-order valence-electron chi connectivity index (χ0n) is 10.3. The number of carbonyl (C=O) groups excluding carboxylic acids is 1. The number of hydrazine groups is 1. The van der Waals surface area contributed by atoms with Gasteiger partial charge in [-0.3, -0.25) is 15.5 Å². The summed E-state index contributed by atoms with van der Waals surface area (Å²) in [6, 6.07) is 7.81. The van der Waals surface area contributed by atoms with Gasteiger partial charge >= 0.3 is 0 Å². The molecule has 0 saturated carbocycles. The number of guanidine groups is 1. The van der Waals surface area contributed by atoms with E-state index in [0.717, 1.165) is 11.3 Å². The van der Waals surface area contributed by atoms with Gasteiger partial charge in [0.2, 0.25) is 5.96 Å². The van der Waals surface area contributed by atoms with E-state index < -0.39 is 0 Å². The third-order valence-corrected chi connectivity index (χ3v) is 2.55. The predicted octanol–water partition coefficient (Wildman–Crippen LogP) is 0.0426. The smallest absolute Gasteiger partial charge is 0.276 e. The number of rotatable bonds is 2. The predicted molar refractivity (Wildman–Crippen MR) is 71.6 cm³/mol. The van der Waals surface area contributed by atoms with E-state index in [9.17, 15) is 4.79 Å². The van der Waals surface area contributed by atoms with Gasteiger partial charge in [0.05, 0.1) is 0 Å². The number of benzene rings is 1. The van der Waals surface area contributed by atoms with Crippen molar-refractivity contribution in [1.29, 1.82) is 0 Å². The molecule has 0 aliphatic carbocycles. The van der Waals surface area contributed by atoms with Crippen molar-refractivity contribution in [3.05, 3.63) is 35.5 Å². The Morgan fingerprint density at radius 1 is 1.33 bits per heavy atom. The largest absolute Gasteiger partial charge is 0.378 e. The van der Waals surface area contributed by atoms with Crippen LogP contribution in [0.25, 0.3) is 6.08 Å². The molecule has 0 atom stereocenters. The summed E-state index contributed by atoms with van der Waals surface area (Å²) in [5.41, 5.74) is 4.65. The molecule has 1 aliphatic rings. The highest BCUT2D eigenvalue weighted by Gasteiger charge is 2.18. The van der Waals surface area contributed by atoms with Gasteiger partial charge in [-0.25, -0.2) is 10.8 Å². The van der Waals surface area contributed by atoms with E-state index in [1.807, 2.05) is 43.3 Å². The molecule has 0 radical (unpaired) electrons. The zero-order chi connectivity index (χ0) is 13.1. The highest BCUT2D eigenvalue weighted by Crippen LogP contribution is 2.16. The molecule has 6 nitrogen and oxygen atoms in total. The van der Waals surface area contributed by atoms with Crippen molar-refractivity contribution in [2.75, 3.05) is 19.0 Å². The first-order valence-corrected chi connectivity index (χ1v) is 5.46. The van der Waals surface area contributed by atoms with E-state index in [0.29, 0.717) is 5.70 Å². The van der Waals surface area contributed by atoms with E-state index in [-0.39, 0.29) is 11.9 Å². The Kier molecular flexibility index (Phi) is 3.29. The number of aliphatic imine (C=N–C) groups is 1. The van der Waals surface area contributed by atoms with E-state index in [1.165, 1.54) is 0 Å². The van der Waals surface area contributed by atoms with Crippen LogP contribution in [0.3, 0.4) is 0 Å². The van der Waals surface area contributed by atoms with Crippen molar-refractivity contribution in [2.45, 2.75) is 0 Å². The number of nitrogens with one attached hydrogen (secondary N) is 2. The Labute approximate surface area is 105 Å². The lowest BCUT2D eigenvalue weighted by molar-refractivity contribution is -0.115. The van der Waals surface area contributed by atoms with Gasteiger partial charge in [-0.2, -0.15) is 0 Å². The summed E-state index contributed by atoms with van der Waals surface area (Å²) in [7, 11) is 3.95. The Morgan fingerprint density at radius 2 is 2.00 bits per heavy atom. The third-order valence-electron chi connectivity index (χ3n) is 2.55. The van der Waals surface area contributed by atoms with E-state index in [2.05, 4.69) is 15.7 Å². The molecule has 0 spiro atoms. The second-order valence-corrected chi connectivity index (χ2v) is 4.07. The number of amides is 1. The van der Waals surface area contributed by atoms with Crippen LogP contribution in [0.5, 0.6) is 0 Å². The molecule has 2 rings (SSSR count). The van der Waals surface area contributed by atoms with Crippen molar-refractivity contribution in [3.63, 3.8) is 0 Å². The molecular weight excluding hydrogens is 230 g/mol. The van der Waals surface area contributed by atoms with Crippen LogP contribution in [0, 0.1) is 0 Å². The van der Waals surface area contributed by atoms with Crippen molar-refractivity contribution < 1.29 is 4.79 Å². The maximum Gasteiger partial charge on any atom is 0.276 e. The average molecular weight is 245 g/mol. The number of carbonyl (C=O) groups is 1.